The highest BCUT2D eigenvalue weighted by Crippen LogP contribution is 2.19. The number of rotatable bonds is 8. The zero-order chi connectivity index (χ0) is 19.6. The van der Waals surface area contributed by atoms with Gasteiger partial charge in [0.1, 0.15) is 0 Å². The molecule has 1 aliphatic rings. The largest absolute Gasteiger partial charge is 0.462 e. The van der Waals surface area contributed by atoms with Gasteiger partial charge in [-0.2, -0.15) is 0 Å². The molecule has 1 aromatic carbocycles. The molecule has 1 heterocycles. The summed E-state index contributed by atoms with van der Waals surface area (Å²) < 4.78 is 5.06. The molecular weight excluding hydrogens is 358 g/mol. The molecule has 150 valence electrons. The van der Waals surface area contributed by atoms with Gasteiger partial charge in [0, 0.05) is 24.8 Å². The van der Waals surface area contributed by atoms with Crippen LogP contribution in [0.25, 0.3) is 0 Å². The van der Waals surface area contributed by atoms with Gasteiger partial charge in [-0.1, -0.05) is 19.4 Å². The fourth-order valence-electron chi connectivity index (χ4n) is 3.57. The van der Waals surface area contributed by atoms with Gasteiger partial charge >= 0.3 is 5.97 Å². The fraction of sp³-hybridized carbons (Fsp3) is 0.619. The van der Waals surface area contributed by atoms with Gasteiger partial charge in [-0.05, 0) is 76.0 Å². The first-order valence-corrected chi connectivity index (χ1v) is 10.5. The van der Waals surface area contributed by atoms with E-state index in [9.17, 15) is 4.79 Å². The molecule has 2 rings (SSSR count). The lowest BCUT2D eigenvalue weighted by molar-refractivity contribution is 0.0526. The van der Waals surface area contributed by atoms with Crippen LogP contribution in [0.3, 0.4) is 0 Å². The Bertz CT molecular complexity index is 636. The van der Waals surface area contributed by atoms with Crippen LogP contribution in [0.15, 0.2) is 18.2 Å². The Balaban J connectivity index is 1.78. The monoisotopic (exact) mass is 391 g/mol. The quantitative estimate of drug-likeness (QED) is 0.395. The number of nitrogens with zero attached hydrogens (tertiary/aromatic N) is 1. The highest BCUT2D eigenvalue weighted by molar-refractivity contribution is 7.80. The molecule has 1 aromatic rings. The Labute approximate surface area is 168 Å². The Morgan fingerprint density at radius 3 is 2.89 bits per heavy atom. The summed E-state index contributed by atoms with van der Waals surface area (Å²) in [5.74, 6) is -0.313. The number of thiocarbonyl (C=S) groups is 1. The van der Waals surface area contributed by atoms with Crippen molar-refractivity contribution in [2.45, 2.75) is 58.9 Å². The first-order valence-electron chi connectivity index (χ1n) is 10.1. The van der Waals surface area contributed by atoms with Gasteiger partial charge in [0.2, 0.25) is 0 Å². The highest BCUT2D eigenvalue weighted by Gasteiger charge is 2.19. The molecule has 0 bridgehead atoms. The molecule has 5 nitrogen and oxygen atoms in total. The third-order valence-electron chi connectivity index (χ3n) is 5.12. The van der Waals surface area contributed by atoms with E-state index in [-0.39, 0.29) is 5.97 Å². The Morgan fingerprint density at radius 1 is 1.33 bits per heavy atom. The molecule has 1 fully saturated rings. The maximum Gasteiger partial charge on any atom is 0.338 e. The lowest BCUT2D eigenvalue weighted by Crippen LogP contribution is -2.41. The number of carbonyl (C=O) groups is 1. The van der Waals surface area contributed by atoms with E-state index in [1.54, 1.807) is 19.1 Å². The lowest BCUT2D eigenvalue weighted by Gasteiger charge is -2.35. The maximum atomic E-state index is 11.9. The first kappa shape index (κ1) is 21.6. The summed E-state index contributed by atoms with van der Waals surface area (Å²) in [5, 5.41) is 7.07. The molecule has 2 N–H and O–H groups in total. The second kappa shape index (κ2) is 11.2. The minimum atomic E-state index is -0.313. The van der Waals surface area contributed by atoms with Crippen molar-refractivity contribution in [3.8, 4) is 0 Å². The van der Waals surface area contributed by atoms with Crippen LogP contribution in [0.1, 0.15) is 61.9 Å². The Morgan fingerprint density at radius 2 is 2.15 bits per heavy atom. The number of esters is 1. The normalized spacial score (nSPS) is 17.4. The molecule has 1 saturated heterocycles. The van der Waals surface area contributed by atoms with Crippen molar-refractivity contribution in [3.63, 3.8) is 0 Å². The average molecular weight is 392 g/mol. The van der Waals surface area contributed by atoms with Crippen LogP contribution in [-0.2, 0) is 4.74 Å². The van der Waals surface area contributed by atoms with Crippen LogP contribution >= 0.6 is 12.2 Å². The highest BCUT2D eigenvalue weighted by atomic mass is 32.1. The van der Waals surface area contributed by atoms with E-state index in [0.29, 0.717) is 17.3 Å². The van der Waals surface area contributed by atoms with E-state index >= 15 is 0 Å². The molecule has 0 unspecified atom stereocenters. The summed E-state index contributed by atoms with van der Waals surface area (Å²) in [6.07, 6.45) is 6.33. The lowest BCUT2D eigenvalue weighted by atomic mass is 10.00. The second-order valence-corrected chi connectivity index (χ2v) is 7.49. The predicted octanol–water partition coefficient (Wildman–Crippen LogP) is 4.11. The molecule has 27 heavy (non-hydrogen) atoms. The summed E-state index contributed by atoms with van der Waals surface area (Å²) in [6.45, 7) is 9.62. The van der Waals surface area contributed by atoms with Crippen molar-refractivity contribution in [1.29, 1.82) is 0 Å². The van der Waals surface area contributed by atoms with E-state index in [0.717, 1.165) is 36.8 Å². The summed E-state index contributed by atoms with van der Waals surface area (Å²) in [7, 11) is 0. The van der Waals surface area contributed by atoms with Crippen molar-refractivity contribution in [3.05, 3.63) is 29.3 Å². The second-order valence-electron chi connectivity index (χ2n) is 7.08. The smallest absolute Gasteiger partial charge is 0.338 e. The number of carbonyl (C=O) groups excluding carboxylic acids is 1. The number of aryl methyl sites for hydroxylation is 1. The molecule has 0 radical (unpaired) electrons. The molecule has 0 aromatic heterocycles. The van der Waals surface area contributed by atoms with Crippen LogP contribution in [-0.4, -0.2) is 48.3 Å². The topological polar surface area (TPSA) is 53.6 Å². The molecule has 1 atom stereocenters. The van der Waals surface area contributed by atoms with Crippen LogP contribution in [0.5, 0.6) is 0 Å². The molecule has 0 aliphatic carbocycles. The van der Waals surface area contributed by atoms with Gasteiger partial charge in [-0.3, -0.25) is 0 Å². The molecule has 0 saturated carbocycles. The molecule has 6 heteroatoms. The summed E-state index contributed by atoms with van der Waals surface area (Å²) in [4.78, 5) is 14.5. The first-order chi connectivity index (χ1) is 13.0. The van der Waals surface area contributed by atoms with E-state index in [1.165, 1.54) is 32.2 Å². The zero-order valence-corrected chi connectivity index (χ0v) is 17.7. The van der Waals surface area contributed by atoms with Gasteiger partial charge in [0.25, 0.3) is 0 Å². The van der Waals surface area contributed by atoms with Crippen LogP contribution in [0, 0.1) is 6.92 Å². The third kappa shape index (κ3) is 6.78. The van der Waals surface area contributed by atoms with Crippen molar-refractivity contribution in [1.82, 2.24) is 10.2 Å². The van der Waals surface area contributed by atoms with Crippen molar-refractivity contribution in [2.75, 3.05) is 31.6 Å². The van der Waals surface area contributed by atoms with E-state index in [1.807, 2.05) is 13.0 Å². The van der Waals surface area contributed by atoms with Crippen LogP contribution in [0.4, 0.5) is 5.69 Å². The van der Waals surface area contributed by atoms with Gasteiger partial charge in [0.15, 0.2) is 5.11 Å². The van der Waals surface area contributed by atoms with Crippen LogP contribution < -0.4 is 10.6 Å². The van der Waals surface area contributed by atoms with Gasteiger partial charge in [0.05, 0.1) is 12.2 Å². The number of hydrogen-bond donors (Lipinski definition) is 2. The standard InChI is InChI=1S/C21H33N3O2S/c1-4-18-9-6-7-13-24(18)14-8-12-22-21(27)23-19-15-17(11-10-16(19)3)20(25)26-5-2/h10-11,15,18H,4-9,12-14H2,1-3H3,(H2,22,23,27)/t18-/m0/s1. The average Bonchev–Trinajstić information content (AvgIpc) is 2.67. The maximum absolute atomic E-state index is 11.9. The predicted molar refractivity (Wildman–Crippen MR) is 115 cm³/mol. The van der Waals surface area contributed by atoms with Gasteiger partial charge in [-0.25, -0.2) is 4.79 Å². The molecule has 0 amide bonds. The SMILES string of the molecule is CCOC(=O)c1ccc(C)c(NC(=S)NCCCN2CCCC[C@@H]2CC)c1. The number of nitrogens with one attached hydrogen (secondary N) is 2. The number of ether oxygens (including phenoxy) is 1. The molecule has 1 aliphatic heterocycles. The third-order valence-corrected chi connectivity index (χ3v) is 5.37. The Hall–Kier alpha value is -1.66. The van der Waals surface area contributed by atoms with Crippen LogP contribution in [0.2, 0.25) is 0 Å². The van der Waals surface area contributed by atoms with Gasteiger partial charge in [-0.15, -0.1) is 0 Å². The summed E-state index contributed by atoms with van der Waals surface area (Å²) in [5.41, 5.74) is 2.40. The number of hydrogen-bond acceptors (Lipinski definition) is 4. The number of piperidine rings is 1. The summed E-state index contributed by atoms with van der Waals surface area (Å²) in [6, 6.07) is 6.22. The Kier molecular flexibility index (Phi) is 9.01. The van der Waals surface area contributed by atoms with Crippen molar-refractivity contribution in [2.24, 2.45) is 0 Å². The van der Waals surface area contributed by atoms with Crippen molar-refractivity contribution < 1.29 is 9.53 Å². The molecule has 0 spiro atoms. The number of anilines is 1. The number of benzene rings is 1. The minimum Gasteiger partial charge on any atom is -0.462 e. The van der Waals surface area contributed by atoms with E-state index < -0.39 is 0 Å². The van der Waals surface area contributed by atoms with Gasteiger partial charge < -0.3 is 20.3 Å². The van der Waals surface area contributed by atoms with E-state index in [4.69, 9.17) is 17.0 Å². The fourth-order valence-corrected chi connectivity index (χ4v) is 3.78. The van der Waals surface area contributed by atoms with Crippen molar-refractivity contribution >= 4 is 29.0 Å². The summed E-state index contributed by atoms with van der Waals surface area (Å²) >= 11 is 5.42. The zero-order valence-electron chi connectivity index (χ0n) is 16.8. The molecular formula is C21H33N3O2S. The minimum absolute atomic E-state index is 0.313. The number of likely N-dealkylation sites (tertiary alicyclic amines) is 1. The van der Waals surface area contributed by atoms with E-state index in [2.05, 4.69) is 22.5 Å².